The minimum atomic E-state index is -0.0569. The zero-order valence-corrected chi connectivity index (χ0v) is 18.2. The summed E-state index contributed by atoms with van der Waals surface area (Å²) in [5.41, 5.74) is 3.44. The van der Waals surface area contributed by atoms with Crippen molar-refractivity contribution in [3.8, 4) is 5.75 Å². The van der Waals surface area contributed by atoms with Gasteiger partial charge in [-0.25, -0.2) is 0 Å². The first-order valence-electron chi connectivity index (χ1n) is 10.6. The van der Waals surface area contributed by atoms with Crippen molar-refractivity contribution >= 4 is 0 Å². The molecule has 1 aromatic rings. The highest BCUT2D eigenvalue weighted by atomic mass is 16.3. The first-order chi connectivity index (χ1) is 12.0. The largest absolute Gasteiger partial charge is 0.507 e. The van der Waals surface area contributed by atoms with Gasteiger partial charge in [0.2, 0.25) is 0 Å². The van der Waals surface area contributed by atoms with Crippen molar-refractivity contribution < 1.29 is 5.11 Å². The number of aromatic hydroxyl groups is 1. The lowest BCUT2D eigenvalue weighted by molar-refractivity contribution is 0.262. The Bertz CT molecular complexity index is 583. The Morgan fingerprint density at radius 1 is 0.923 bits per heavy atom. The molecule has 26 heavy (non-hydrogen) atoms. The van der Waals surface area contributed by atoms with Crippen LogP contribution in [0.25, 0.3) is 0 Å². The van der Waals surface area contributed by atoms with Crippen LogP contribution in [0, 0.1) is 11.8 Å². The number of phenols is 1. The fourth-order valence-corrected chi connectivity index (χ4v) is 4.09. The summed E-state index contributed by atoms with van der Waals surface area (Å²) in [4.78, 5) is 0. The molecular formula is C24H41NO. The molecule has 1 fully saturated rings. The maximum Gasteiger partial charge on any atom is 0.123 e. The van der Waals surface area contributed by atoms with Gasteiger partial charge < -0.3 is 10.4 Å². The smallest absolute Gasteiger partial charge is 0.123 e. The summed E-state index contributed by atoms with van der Waals surface area (Å²) in [5, 5.41) is 14.5. The second-order valence-electron chi connectivity index (χ2n) is 10.5. The summed E-state index contributed by atoms with van der Waals surface area (Å²) in [7, 11) is 0. The van der Waals surface area contributed by atoms with E-state index in [2.05, 4.69) is 65.9 Å². The maximum absolute atomic E-state index is 10.9. The second-order valence-corrected chi connectivity index (χ2v) is 10.5. The molecular weight excluding hydrogens is 318 g/mol. The predicted molar refractivity (Wildman–Crippen MR) is 113 cm³/mol. The van der Waals surface area contributed by atoms with Crippen LogP contribution in [0.4, 0.5) is 0 Å². The lowest BCUT2D eigenvalue weighted by atomic mass is 9.79. The lowest BCUT2D eigenvalue weighted by Crippen LogP contribution is -2.26. The van der Waals surface area contributed by atoms with Crippen LogP contribution in [-0.2, 0) is 17.4 Å². The fourth-order valence-electron chi connectivity index (χ4n) is 4.09. The van der Waals surface area contributed by atoms with Crippen LogP contribution < -0.4 is 5.32 Å². The molecule has 0 aromatic heterocycles. The van der Waals surface area contributed by atoms with Crippen LogP contribution >= 0.6 is 0 Å². The minimum Gasteiger partial charge on any atom is -0.507 e. The molecule has 0 amide bonds. The monoisotopic (exact) mass is 359 g/mol. The van der Waals surface area contributed by atoms with Gasteiger partial charge in [-0.3, -0.25) is 0 Å². The average molecular weight is 360 g/mol. The molecule has 148 valence electrons. The Morgan fingerprint density at radius 2 is 1.50 bits per heavy atom. The molecule has 2 nitrogen and oxygen atoms in total. The number of phenolic OH excluding ortho intramolecular Hbond substituents is 1. The summed E-state index contributed by atoms with van der Waals surface area (Å²) in [6, 6.07) is 4.40. The lowest BCUT2D eigenvalue weighted by Gasteiger charge is -2.29. The van der Waals surface area contributed by atoms with Gasteiger partial charge in [-0.1, -0.05) is 79.9 Å². The third kappa shape index (κ3) is 5.49. The molecule has 0 aliphatic heterocycles. The molecule has 0 heterocycles. The van der Waals surface area contributed by atoms with Crippen LogP contribution in [-0.4, -0.2) is 11.7 Å². The van der Waals surface area contributed by atoms with Gasteiger partial charge in [0, 0.05) is 12.1 Å². The molecule has 1 aromatic carbocycles. The predicted octanol–water partition coefficient (Wildman–Crippen LogP) is 6.29. The van der Waals surface area contributed by atoms with Gasteiger partial charge in [0.05, 0.1) is 0 Å². The van der Waals surface area contributed by atoms with E-state index >= 15 is 0 Å². The Hall–Kier alpha value is -1.02. The summed E-state index contributed by atoms with van der Waals surface area (Å²) < 4.78 is 0. The van der Waals surface area contributed by atoms with Crippen molar-refractivity contribution in [1.29, 1.82) is 0 Å². The van der Waals surface area contributed by atoms with Crippen LogP contribution in [0.15, 0.2) is 12.1 Å². The van der Waals surface area contributed by atoms with Crippen molar-refractivity contribution in [2.75, 3.05) is 6.54 Å². The highest BCUT2D eigenvalue weighted by Gasteiger charge is 2.25. The minimum absolute atomic E-state index is 0.0569. The quantitative estimate of drug-likeness (QED) is 0.647. The zero-order chi connectivity index (χ0) is 19.5. The molecule has 1 saturated carbocycles. The van der Waals surface area contributed by atoms with Crippen molar-refractivity contribution in [2.45, 2.75) is 97.9 Å². The van der Waals surface area contributed by atoms with E-state index < -0.39 is 0 Å². The summed E-state index contributed by atoms with van der Waals surface area (Å²) in [6.07, 6.45) is 6.83. The molecule has 2 rings (SSSR count). The molecule has 0 unspecified atom stereocenters. The molecule has 0 spiro atoms. The zero-order valence-electron chi connectivity index (χ0n) is 18.2. The molecule has 0 bridgehead atoms. The highest BCUT2D eigenvalue weighted by Crippen LogP contribution is 2.37. The van der Waals surface area contributed by atoms with E-state index in [4.69, 9.17) is 0 Å². The SMILES string of the molecule is CCC1CCC(CNCc2cc(C(C)(C)C)cc(C(C)(C)C)c2O)CC1. The van der Waals surface area contributed by atoms with Gasteiger partial charge in [0.15, 0.2) is 0 Å². The van der Waals surface area contributed by atoms with Gasteiger partial charge in [-0.2, -0.15) is 0 Å². The average Bonchev–Trinajstić information content (AvgIpc) is 2.55. The highest BCUT2D eigenvalue weighted by molar-refractivity contribution is 5.48. The van der Waals surface area contributed by atoms with E-state index in [0.717, 1.165) is 36.1 Å². The number of hydrogen-bond donors (Lipinski definition) is 2. The number of benzene rings is 1. The van der Waals surface area contributed by atoms with Gasteiger partial charge >= 0.3 is 0 Å². The number of rotatable bonds is 5. The van der Waals surface area contributed by atoms with Gasteiger partial charge in [-0.05, 0) is 53.2 Å². The Labute approximate surface area is 161 Å². The first kappa shape index (κ1) is 21.3. The van der Waals surface area contributed by atoms with Crippen molar-refractivity contribution in [1.82, 2.24) is 5.32 Å². The van der Waals surface area contributed by atoms with Crippen LogP contribution in [0.3, 0.4) is 0 Å². The summed E-state index contributed by atoms with van der Waals surface area (Å²) in [6.45, 7) is 17.4. The molecule has 0 radical (unpaired) electrons. The topological polar surface area (TPSA) is 32.3 Å². The van der Waals surface area contributed by atoms with Gasteiger partial charge in [0.1, 0.15) is 5.75 Å². The van der Waals surface area contributed by atoms with Gasteiger partial charge in [-0.15, -0.1) is 0 Å². The molecule has 1 aliphatic carbocycles. The Morgan fingerprint density at radius 3 is 2.00 bits per heavy atom. The molecule has 0 atom stereocenters. The normalized spacial score (nSPS) is 21.8. The second kappa shape index (κ2) is 8.33. The number of hydrogen-bond acceptors (Lipinski definition) is 2. The Kier molecular flexibility index (Phi) is 6.82. The first-order valence-corrected chi connectivity index (χ1v) is 10.6. The molecule has 2 heteroatoms. The van der Waals surface area contributed by atoms with E-state index in [9.17, 15) is 5.11 Å². The number of nitrogens with one attached hydrogen (secondary N) is 1. The molecule has 1 aliphatic rings. The van der Waals surface area contributed by atoms with E-state index in [1.807, 2.05) is 0 Å². The van der Waals surface area contributed by atoms with Crippen LogP contribution in [0.2, 0.25) is 0 Å². The van der Waals surface area contributed by atoms with E-state index in [1.165, 1.54) is 37.7 Å². The Balaban J connectivity index is 2.08. The van der Waals surface area contributed by atoms with E-state index in [1.54, 1.807) is 0 Å². The molecule has 0 saturated heterocycles. The van der Waals surface area contributed by atoms with Crippen molar-refractivity contribution in [3.05, 3.63) is 28.8 Å². The van der Waals surface area contributed by atoms with Crippen molar-refractivity contribution in [2.24, 2.45) is 11.8 Å². The summed E-state index contributed by atoms with van der Waals surface area (Å²) >= 11 is 0. The molecule has 2 N–H and O–H groups in total. The third-order valence-corrected chi connectivity index (χ3v) is 6.16. The van der Waals surface area contributed by atoms with Crippen LogP contribution in [0.5, 0.6) is 5.75 Å². The van der Waals surface area contributed by atoms with E-state index in [0.29, 0.717) is 5.75 Å². The van der Waals surface area contributed by atoms with Crippen LogP contribution in [0.1, 0.15) is 97.3 Å². The van der Waals surface area contributed by atoms with E-state index in [-0.39, 0.29) is 10.8 Å². The standard InChI is InChI=1S/C24H41NO/c1-8-17-9-11-18(12-10-17)15-25-16-19-13-20(23(2,3)4)14-21(22(19)26)24(5,6)7/h13-14,17-18,25-26H,8-12,15-16H2,1-7H3. The van der Waals surface area contributed by atoms with Crippen molar-refractivity contribution in [3.63, 3.8) is 0 Å². The fraction of sp³-hybridized carbons (Fsp3) is 0.750. The van der Waals surface area contributed by atoms with Gasteiger partial charge in [0.25, 0.3) is 0 Å². The maximum atomic E-state index is 10.9. The summed E-state index contributed by atoms with van der Waals surface area (Å²) in [5.74, 6) is 2.23. The third-order valence-electron chi connectivity index (χ3n) is 6.16.